The Morgan fingerprint density at radius 2 is 1.55 bits per heavy atom. The van der Waals surface area contributed by atoms with Crippen molar-refractivity contribution in [3.05, 3.63) is 83.9 Å². The minimum Gasteiger partial charge on any atom is -0.492 e. The molecule has 0 saturated carbocycles. The van der Waals surface area contributed by atoms with Crippen LogP contribution in [0.2, 0.25) is 0 Å². The molecule has 4 aromatic rings. The predicted octanol–water partition coefficient (Wildman–Crippen LogP) is 5.10. The molecule has 0 radical (unpaired) electrons. The summed E-state index contributed by atoms with van der Waals surface area (Å²) in [4.78, 5) is 33.3. The van der Waals surface area contributed by atoms with Gasteiger partial charge >= 0.3 is 5.97 Å². The minimum atomic E-state index is -0.379. The molecule has 0 aliphatic carbocycles. The van der Waals surface area contributed by atoms with Gasteiger partial charge in [-0.3, -0.25) is 9.69 Å². The second-order valence-corrected chi connectivity index (χ2v) is 9.79. The van der Waals surface area contributed by atoms with Gasteiger partial charge in [-0.2, -0.15) is 0 Å². The fourth-order valence-corrected chi connectivity index (χ4v) is 5.05. The Bertz CT molecular complexity index is 1350. The number of thiazole rings is 1. The van der Waals surface area contributed by atoms with E-state index in [1.807, 2.05) is 53.4 Å². The van der Waals surface area contributed by atoms with Crippen LogP contribution in [0.1, 0.15) is 27.6 Å². The summed E-state index contributed by atoms with van der Waals surface area (Å²) in [5.74, 6) is 1.09. The minimum absolute atomic E-state index is 0.0236. The number of hydrogen-bond donors (Lipinski definition) is 0. The van der Waals surface area contributed by atoms with E-state index < -0.39 is 0 Å². The molecule has 1 aromatic heterocycles. The van der Waals surface area contributed by atoms with E-state index in [2.05, 4.69) is 9.88 Å². The van der Waals surface area contributed by atoms with Crippen LogP contribution in [0.25, 0.3) is 10.2 Å². The van der Waals surface area contributed by atoms with Crippen molar-refractivity contribution >= 4 is 33.4 Å². The van der Waals surface area contributed by atoms with Crippen molar-refractivity contribution in [2.24, 2.45) is 0 Å². The zero-order valence-electron chi connectivity index (χ0n) is 21.2. The average Bonchev–Trinajstić information content (AvgIpc) is 3.36. The van der Waals surface area contributed by atoms with Gasteiger partial charge in [-0.25, -0.2) is 9.78 Å². The smallest absolute Gasteiger partial charge is 0.338 e. The summed E-state index contributed by atoms with van der Waals surface area (Å²) in [5.41, 5.74) is 1.95. The highest BCUT2D eigenvalue weighted by atomic mass is 32.1. The topological polar surface area (TPSA) is 81.2 Å². The normalized spacial score (nSPS) is 13.9. The molecule has 0 atom stereocenters. The molecule has 3 aromatic carbocycles. The highest BCUT2D eigenvalue weighted by molar-refractivity contribution is 7.20. The Balaban J connectivity index is 1.04. The molecule has 2 heterocycles. The van der Waals surface area contributed by atoms with Gasteiger partial charge in [0, 0.05) is 38.3 Å². The third kappa shape index (κ3) is 6.30. The molecule has 1 fully saturated rings. The Kier molecular flexibility index (Phi) is 8.15. The van der Waals surface area contributed by atoms with Gasteiger partial charge in [-0.1, -0.05) is 23.5 Å². The Hall–Kier alpha value is -3.95. The number of ether oxygens (including phenoxy) is 3. The number of para-hydroxylation sites is 1. The first kappa shape index (κ1) is 25.7. The van der Waals surface area contributed by atoms with Crippen LogP contribution in [-0.4, -0.2) is 72.6 Å². The molecule has 1 aliphatic rings. The fourth-order valence-electron chi connectivity index (χ4n) is 4.21. The number of amides is 1. The fraction of sp³-hybridized carbons (Fsp3) is 0.276. The van der Waals surface area contributed by atoms with Gasteiger partial charge < -0.3 is 19.1 Å². The number of carbonyl (C=O) groups is 2. The first-order valence-electron chi connectivity index (χ1n) is 12.6. The summed E-state index contributed by atoms with van der Waals surface area (Å²) >= 11 is 1.52. The van der Waals surface area contributed by atoms with Crippen molar-refractivity contribution in [3.8, 4) is 16.7 Å². The molecule has 1 saturated heterocycles. The second-order valence-electron chi connectivity index (χ2n) is 8.80. The summed E-state index contributed by atoms with van der Waals surface area (Å²) in [6.45, 7) is 6.28. The average molecular weight is 532 g/mol. The lowest BCUT2D eigenvalue weighted by Crippen LogP contribution is -2.49. The quantitative estimate of drug-likeness (QED) is 0.278. The first-order valence-corrected chi connectivity index (χ1v) is 13.5. The van der Waals surface area contributed by atoms with Crippen LogP contribution in [0.5, 0.6) is 16.7 Å². The molecule has 5 rings (SSSR count). The summed E-state index contributed by atoms with van der Waals surface area (Å²) < 4.78 is 17.9. The highest BCUT2D eigenvalue weighted by Crippen LogP contribution is 2.31. The second kappa shape index (κ2) is 12.1. The van der Waals surface area contributed by atoms with E-state index in [1.54, 1.807) is 31.2 Å². The molecule has 1 aliphatic heterocycles. The molecule has 1 amide bonds. The van der Waals surface area contributed by atoms with Gasteiger partial charge in [0.25, 0.3) is 11.1 Å². The first-order chi connectivity index (χ1) is 18.6. The van der Waals surface area contributed by atoms with Gasteiger partial charge in [0.05, 0.1) is 22.4 Å². The summed E-state index contributed by atoms with van der Waals surface area (Å²) in [7, 11) is 0. The van der Waals surface area contributed by atoms with Crippen LogP contribution >= 0.6 is 11.3 Å². The van der Waals surface area contributed by atoms with Crippen LogP contribution in [0.15, 0.2) is 72.8 Å². The molecule has 8 nitrogen and oxygen atoms in total. The molecule has 0 N–H and O–H groups in total. The van der Waals surface area contributed by atoms with Crippen molar-refractivity contribution in [2.75, 3.05) is 45.9 Å². The molecular weight excluding hydrogens is 502 g/mol. The number of nitrogens with zero attached hydrogens (tertiary/aromatic N) is 3. The standard InChI is InChI=1S/C29H29N3O5S/c1-2-35-28(34)22-9-7-21(8-10-22)27(33)32-17-15-31(16-18-32)19-20-36-23-11-13-24(14-12-23)37-29-30-25-5-3-4-6-26(25)38-29/h3-14H,2,15-20H2,1H3. The Morgan fingerprint density at radius 3 is 2.26 bits per heavy atom. The summed E-state index contributed by atoms with van der Waals surface area (Å²) in [5, 5.41) is 0.617. The van der Waals surface area contributed by atoms with Crippen molar-refractivity contribution in [3.63, 3.8) is 0 Å². The molecule has 0 spiro atoms. The van der Waals surface area contributed by atoms with Gasteiger partial charge in [0.15, 0.2) is 0 Å². The van der Waals surface area contributed by atoms with Gasteiger partial charge in [-0.15, -0.1) is 0 Å². The molecule has 0 unspecified atom stereocenters. The van der Waals surface area contributed by atoms with Crippen LogP contribution in [0.3, 0.4) is 0 Å². The van der Waals surface area contributed by atoms with Crippen molar-refractivity contribution in [2.45, 2.75) is 6.92 Å². The highest BCUT2D eigenvalue weighted by Gasteiger charge is 2.22. The van der Waals surface area contributed by atoms with Crippen molar-refractivity contribution in [1.29, 1.82) is 0 Å². The number of esters is 1. The van der Waals surface area contributed by atoms with E-state index in [4.69, 9.17) is 14.2 Å². The van der Waals surface area contributed by atoms with E-state index in [1.165, 1.54) is 11.3 Å². The summed E-state index contributed by atoms with van der Waals surface area (Å²) in [6.07, 6.45) is 0. The Morgan fingerprint density at radius 1 is 0.868 bits per heavy atom. The molecule has 38 heavy (non-hydrogen) atoms. The number of aromatic nitrogens is 1. The van der Waals surface area contributed by atoms with E-state index in [0.717, 1.165) is 35.6 Å². The molecule has 0 bridgehead atoms. The molecule has 9 heteroatoms. The number of carbonyl (C=O) groups excluding carboxylic acids is 2. The zero-order valence-corrected chi connectivity index (χ0v) is 22.0. The molecule has 196 valence electrons. The maximum Gasteiger partial charge on any atom is 0.338 e. The lowest BCUT2D eigenvalue weighted by atomic mass is 10.1. The number of hydrogen-bond acceptors (Lipinski definition) is 8. The number of fused-ring (bicyclic) bond motifs is 1. The third-order valence-corrected chi connectivity index (χ3v) is 7.20. The van der Waals surface area contributed by atoms with Crippen molar-refractivity contribution in [1.82, 2.24) is 14.8 Å². The maximum absolute atomic E-state index is 12.9. The number of rotatable bonds is 9. The van der Waals surface area contributed by atoms with Crippen LogP contribution in [0.4, 0.5) is 0 Å². The van der Waals surface area contributed by atoms with E-state index >= 15 is 0 Å². The molecular formula is C29H29N3O5S. The van der Waals surface area contributed by atoms with Gasteiger partial charge in [0.2, 0.25) is 0 Å². The number of benzene rings is 3. The monoisotopic (exact) mass is 531 g/mol. The SMILES string of the molecule is CCOC(=O)c1ccc(C(=O)N2CCN(CCOc3ccc(Oc4nc5ccccc5s4)cc3)CC2)cc1. The number of piperazine rings is 1. The van der Waals surface area contributed by atoms with Crippen LogP contribution in [0, 0.1) is 0 Å². The lowest BCUT2D eigenvalue weighted by molar-refractivity contribution is 0.0524. The van der Waals surface area contributed by atoms with E-state index in [-0.39, 0.29) is 11.9 Å². The van der Waals surface area contributed by atoms with Gasteiger partial charge in [0.1, 0.15) is 18.1 Å². The third-order valence-electron chi connectivity index (χ3n) is 6.28. The van der Waals surface area contributed by atoms with E-state index in [0.29, 0.717) is 48.4 Å². The summed E-state index contributed by atoms with van der Waals surface area (Å²) in [6, 6.07) is 22.2. The largest absolute Gasteiger partial charge is 0.492 e. The Labute approximate surface area is 225 Å². The lowest BCUT2D eigenvalue weighted by Gasteiger charge is -2.34. The van der Waals surface area contributed by atoms with E-state index in [9.17, 15) is 9.59 Å². The predicted molar refractivity (Wildman–Crippen MR) is 146 cm³/mol. The maximum atomic E-state index is 12.9. The van der Waals surface area contributed by atoms with Crippen molar-refractivity contribution < 1.29 is 23.8 Å². The van der Waals surface area contributed by atoms with Crippen LogP contribution < -0.4 is 9.47 Å². The van der Waals surface area contributed by atoms with Crippen LogP contribution in [-0.2, 0) is 4.74 Å². The van der Waals surface area contributed by atoms with Gasteiger partial charge in [-0.05, 0) is 67.6 Å². The zero-order chi connectivity index (χ0) is 26.3.